The predicted octanol–water partition coefficient (Wildman–Crippen LogP) is 1.31. The summed E-state index contributed by atoms with van der Waals surface area (Å²) in [5.74, 6) is 0. The summed E-state index contributed by atoms with van der Waals surface area (Å²) in [6.07, 6.45) is 3.19. The van der Waals surface area contributed by atoms with E-state index in [9.17, 15) is 8.42 Å². The van der Waals surface area contributed by atoms with Crippen molar-refractivity contribution >= 4 is 15.7 Å². The number of sulfonamides is 1. The van der Waals surface area contributed by atoms with Gasteiger partial charge in [0.2, 0.25) is 0 Å². The van der Waals surface area contributed by atoms with E-state index in [4.69, 9.17) is 4.74 Å². The molecule has 2 heterocycles. The zero-order chi connectivity index (χ0) is 14.6. The number of ether oxygens (including phenoxy) is 1. The highest BCUT2D eigenvalue weighted by Gasteiger charge is 2.32. The van der Waals surface area contributed by atoms with Crippen LogP contribution in [0.2, 0.25) is 0 Å². The predicted molar refractivity (Wildman–Crippen MR) is 77.2 cm³/mol. The van der Waals surface area contributed by atoms with Crippen LogP contribution in [-0.2, 0) is 14.8 Å². The number of piperidine rings is 1. The standard InChI is InChI=1S/C13H21N3O3S/c1-3-19-11-6-5-9-16(10-11)20(17,18)13-12(14-2)7-4-8-15-13/h4,7-8,11,14H,3,5-6,9-10H2,1-2H3. The molecule has 0 spiro atoms. The molecule has 1 aromatic rings. The molecule has 1 atom stereocenters. The Kier molecular flexibility index (Phi) is 4.95. The lowest BCUT2D eigenvalue weighted by Crippen LogP contribution is -2.43. The van der Waals surface area contributed by atoms with Crippen LogP contribution in [0.1, 0.15) is 19.8 Å². The molecule has 0 aliphatic carbocycles. The van der Waals surface area contributed by atoms with Crippen LogP contribution >= 0.6 is 0 Å². The monoisotopic (exact) mass is 299 g/mol. The zero-order valence-electron chi connectivity index (χ0n) is 11.9. The van der Waals surface area contributed by atoms with Gasteiger partial charge in [0.25, 0.3) is 10.0 Å². The van der Waals surface area contributed by atoms with Crippen molar-refractivity contribution in [3.8, 4) is 0 Å². The van der Waals surface area contributed by atoms with Crippen molar-refractivity contribution in [2.24, 2.45) is 0 Å². The molecule has 1 saturated heterocycles. The SMILES string of the molecule is CCOC1CCCN(S(=O)(=O)c2ncccc2NC)C1. The summed E-state index contributed by atoms with van der Waals surface area (Å²) in [4.78, 5) is 4.03. The highest BCUT2D eigenvalue weighted by Crippen LogP contribution is 2.25. The topological polar surface area (TPSA) is 71.5 Å². The van der Waals surface area contributed by atoms with E-state index >= 15 is 0 Å². The normalized spacial score (nSPS) is 20.8. The maximum absolute atomic E-state index is 12.7. The van der Waals surface area contributed by atoms with E-state index in [-0.39, 0.29) is 11.1 Å². The van der Waals surface area contributed by atoms with Crippen molar-refractivity contribution in [2.45, 2.75) is 30.9 Å². The molecule has 1 unspecified atom stereocenters. The minimum atomic E-state index is -3.58. The maximum Gasteiger partial charge on any atom is 0.262 e. The van der Waals surface area contributed by atoms with E-state index in [2.05, 4.69) is 10.3 Å². The maximum atomic E-state index is 12.7. The Bertz CT molecular complexity index is 546. The fraction of sp³-hybridized carbons (Fsp3) is 0.615. The highest BCUT2D eigenvalue weighted by molar-refractivity contribution is 7.89. The van der Waals surface area contributed by atoms with Gasteiger partial charge in [-0.05, 0) is 31.9 Å². The Labute approximate surface area is 120 Å². The molecule has 0 radical (unpaired) electrons. The van der Waals surface area contributed by atoms with E-state index in [1.807, 2.05) is 6.92 Å². The first-order valence-electron chi connectivity index (χ1n) is 6.84. The Hall–Kier alpha value is -1.18. The van der Waals surface area contributed by atoms with Gasteiger partial charge in [-0.25, -0.2) is 13.4 Å². The van der Waals surface area contributed by atoms with Crippen LogP contribution in [0.3, 0.4) is 0 Å². The first kappa shape index (κ1) is 15.2. The summed E-state index contributed by atoms with van der Waals surface area (Å²) in [5.41, 5.74) is 0.519. The summed E-state index contributed by atoms with van der Waals surface area (Å²) in [6.45, 7) is 3.44. The average molecular weight is 299 g/mol. The lowest BCUT2D eigenvalue weighted by Gasteiger charge is -2.31. The van der Waals surface area contributed by atoms with Gasteiger partial charge >= 0.3 is 0 Å². The molecule has 112 valence electrons. The summed E-state index contributed by atoms with van der Waals surface area (Å²) < 4.78 is 32.4. The zero-order valence-corrected chi connectivity index (χ0v) is 12.7. The van der Waals surface area contributed by atoms with E-state index in [1.54, 1.807) is 19.2 Å². The minimum absolute atomic E-state index is 0.0229. The minimum Gasteiger partial charge on any atom is -0.386 e. The van der Waals surface area contributed by atoms with Gasteiger partial charge in [-0.15, -0.1) is 0 Å². The Balaban J connectivity index is 2.25. The van der Waals surface area contributed by atoms with Gasteiger partial charge in [0, 0.05) is 32.9 Å². The van der Waals surface area contributed by atoms with Crippen LogP contribution in [0, 0.1) is 0 Å². The van der Waals surface area contributed by atoms with Crippen molar-refractivity contribution in [1.82, 2.24) is 9.29 Å². The van der Waals surface area contributed by atoms with Gasteiger partial charge in [0.05, 0.1) is 11.8 Å². The third-order valence-electron chi connectivity index (χ3n) is 3.37. The van der Waals surface area contributed by atoms with Crippen LogP contribution < -0.4 is 5.32 Å². The van der Waals surface area contributed by atoms with Crippen molar-refractivity contribution in [1.29, 1.82) is 0 Å². The number of hydrogen-bond donors (Lipinski definition) is 1. The smallest absolute Gasteiger partial charge is 0.262 e. The van der Waals surface area contributed by atoms with Crippen molar-refractivity contribution in [3.05, 3.63) is 18.3 Å². The average Bonchev–Trinajstić information content (AvgIpc) is 2.48. The summed E-state index contributed by atoms with van der Waals surface area (Å²) >= 11 is 0. The van der Waals surface area contributed by atoms with Gasteiger partial charge in [0.15, 0.2) is 5.03 Å². The van der Waals surface area contributed by atoms with Crippen LogP contribution in [0.4, 0.5) is 5.69 Å². The van der Waals surface area contributed by atoms with Gasteiger partial charge in [-0.1, -0.05) is 0 Å². The molecule has 1 N–H and O–H groups in total. The van der Waals surface area contributed by atoms with Gasteiger partial charge in [-0.2, -0.15) is 4.31 Å². The second kappa shape index (κ2) is 6.51. The molecule has 0 aromatic carbocycles. The number of rotatable bonds is 5. The molecule has 1 aromatic heterocycles. The fourth-order valence-electron chi connectivity index (χ4n) is 2.40. The number of nitrogens with one attached hydrogen (secondary N) is 1. The van der Waals surface area contributed by atoms with Gasteiger partial charge in [0.1, 0.15) is 0 Å². The Morgan fingerprint density at radius 3 is 3.05 bits per heavy atom. The molecule has 2 rings (SSSR count). The third kappa shape index (κ3) is 3.11. The largest absolute Gasteiger partial charge is 0.386 e. The van der Waals surface area contributed by atoms with Gasteiger partial charge < -0.3 is 10.1 Å². The molecular weight excluding hydrogens is 278 g/mol. The fourth-order valence-corrected chi connectivity index (χ4v) is 4.02. The number of nitrogens with zero attached hydrogens (tertiary/aromatic N) is 2. The second-order valence-electron chi connectivity index (χ2n) is 4.69. The van der Waals surface area contributed by atoms with E-state index in [0.717, 1.165) is 12.8 Å². The lowest BCUT2D eigenvalue weighted by atomic mass is 10.1. The molecule has 1 fully saturated rings. The first-order chi connectivity index (χ1) is 9.59. The van der Waals surface area contributed by atoms with Gasteiger partial charge in [-0.3, -0.25) is 0 Å². The third-order valence-corrected chi connectivity index (χ3v) is 5.19. The van der Waals surface area contributed by atoms with E-state index < -0.39 is 10.0 Å². The molecule has 20 heavy (non-hydrogen) atoms. The quantitative estimate of drug-likeness (QED) is 0.887. The molecule has 0 bridgehead atoms. The molecule has 1 aliphatic heterocycles. The van der Waals surface area contributed by atoms with E-state index in [1.165, 1.54) is 10.5 Å². The number of aromatic nitrogens is 1. The molecule has 0 amide bonds. The van der Waals surface area contributed by atoms with Crippen molar-refractivity contribution < 1.29 is 13.2 Å². The molecule has 7 heteroatoms. The van der Waals surface area contributed by atoms with Crippen molar-refractivity contribution in [3.63, 3.8) is 0 Å². The molecule has 0 saturated carbocycles. The number of anilines is 1. The molecular formula is C13H21N3O3S. The Morgan fingerprint density at radius 1 is 1.55 bits per heavy atom. The van der Waals surface area contributed by atoms with Crippen molar-refractivity contribution in [2.75, 3.05) is 32.1 Å². The first-order valence-corrected chi connectivity index (χ1v) is 8.28. The summed E-state index contributed by atoms with van der Waals surface area (Å²) in [7, 11) is -1.89. The highest BCUT2D eigenvalue weighted by atomic mass is 32.2. The second-order valence-corrected chi connectivity index (χ2v) is 6.54. The lowest BCUT2D eigenvalue weighted by molar-refractivity contribution is 0.0264. The molecule has 1 aliphatic rings. The summed E-state index contributed by atoms with van der Waals surface area (Å²) in [5, 5.41) is 2.96. The van der Waals surface area contributed by atoms with Crippen LogP contribution in [0.5, 0.6) is 0 Å². The van der Waals surface area contributed by atoms with Crippen LogP contribution in [0.25, 0.3) is 0 Å². The Morgan fingerprint density at radius 2 is 2.35 bits per heavy atom. The number of hydrogen-bond acceptors (Lipinski definition) is 5. The van der Waals surface area contributed by atoms with Crippen LogP contribution in [0.15, 0.2) is 23.4 Å². The number of pyridine rings is 1. The summed E-state index contributed by atoms with van der Waals surface area (Å²) in [6, 6.07) is 3.42. The van der Waals surface area contributed by atoms with E-state index in [0.29, 0.717) is 25.4 Å². The molecule has 6 nitrogen and oxygen atoms in total. The van der Waals surface area contributed by atoms with Crippen LogP contribution in [-0.4, -0.2) is 50.6 Å².